The predicted molar refractivity (Wildman–Crippen MR) is 88.9 cm³/mol. The van der Waals surface area contributed by atoms with Crippen molar-refractivity contribution in [3.05, 3.63) is 22.2 Å². The lowest BCUT2D eigenvalue weighted by Crippen LogP contribution is -2.55. The number of hydrogen-bond donors (Lipinski definition) is 2. The van der Waals surface area contributed by atoms with Gasteiger partial charge in [0.1, 0.15) is 19.3 Å². The molecule has 7 heteroatoms. The number of fused-ring (bicyclic) bond motifs is 1. The van der Waals surface area contributed by atoms with Crippen LogP contribution in [0.1, 0.15) is 25.5 Å². The van der Waals surface area contributed by atoms with Crippen LogP contribution in [0.15, 0.2) is 16.6 Å². The summed E-state index contributed by atoms with van der Waals surface area (Å²) < 4.78 is 17.6. The van der Waals surface area contributed by atoms with Crippen molar-refractivity contribution in [1.29, 1.82) is 0 Å². The molecule has 3 atom stereocenters. The average Bonchev–Trinajstić information content (AvgIpc) is 2.54. The molecule has 0 aliphatic carbocycles. The summed E-state index contributed by atoms with van der Waals surface area (Å²) in [6.45, 7) is 6.26. The molecule has 6 nitrogen and oxygen atoms in total. The molecule has 1 unspecified atom stereocenters. The summed E-state index contributed by atoms with van der Waals surface area (Å²) in [6.07, 6.45) is -0.139. The summed E-state index contributed by atoms with van der Waals surface area (Å²) >= 11 is 3.55. The van der Waals surface area contributed by atoms with E-state index in [4.69, 9.17) is 14.2 Å². The summed E-state index contributed by atoms with van der Waals surface area (Å²) in [5.41, 5.74) is 0.951. The first-order valence-corrected chi connectivity index (χ1v) is 8.60. The highest BCUT2D eigenvalue weighted by Gasteiger charge is 2.29. The number of ether oxygens (including phenoxy) is 3. The number of carbonyl (C=O) groups excluding carboxylic acids is 1. The Morgan fingerprint density at radius 2 is 2.00 bits per heavy atom. The van der Waals surface area contributed by atoms with Gasteiger partial charge in [0, 0.05) is 11.0 Å². The molecule has 1 aromatic carbocycles. The molecule has 2 N–H and O–H groups in total. The third-order valence-corrected chi connectivity index (χ3v) is 4.77. The first kappa shape index (κ1) is 16.5. The molecule has 0 aromatic heterocycles. The minimum absolute atomic E-state index is 0.0634. The zero-order chi connectivity index (χ0) is 16.4. The Morgan fingerprint density at radius 1 is 1.30 bits per heavy atom. The molecule has 2 heterocycles. The minimum Gasteiger partial charge on any atom is -0.486 e. The van der Waals surface area contributed by atoms with E-state index < -0.39 is 0 Å². The second-order valence-electron chi connectivity index (χ2n) is 5.76. The van der Waals surface area contributed by atoms with Crippen LogP contribution in [-0.2, 0) is 9.53 Å². The number of benzene rings is 1. The van der Waals surface area contributed by atoms with Gasteiger partial charge in [-0.25, -0.2) is 0 Å². The van der Waals surface area contributed by atoms with Crippen LogP contribution in [0.2, 0.25) is 0 Å². The van der Waals surface area contributed by atoms with Gasteiger partial charge in [-0.3, -0.25) is 4.79 Å². The lowest BCUT2D eigenvalue weighted by Gasteiger charge is -2.30. The first-order chi connectivity index (χ1) is 11.1. The van der Waals surface area contributed by atoms with Gasteiger partial charge in [0.05, 0.1) is 18.8 Å². The second-order valence-corrected chi connectivity index (χ2v) is 6.61. The van der Waals surface area contributed by atoms with Gasteiger partial charge in [-0.15, -0.1) is 0 Å². The molecule has 1 fully saturated rings. The summed E-state index contributed by atoms with van der Waals surface area (Å²) in [7, 11) is 0. The van der Waals surface area contributed by atoms with Crippen molar-refractivity contribution >= 4 is 21.8 Å². The molecule has 0 bridgehead atoms. The van der Waals surface area contributed by atoms with Crippen LogP contribution in [0.5, 0.6) is 11.5 Å². The zero-order valence-electron chi connectivity index (χ0n) is 13.2. The van der Waals surface area contributed by atoms with E-state index in [1.807, 2.05) is 26.0 Å². The van der Waals surface area contributed by atoms with Crippen molar-refractivity contribution in [2.75, 3.05) is 26.4 Å². The monoisotopic (exact) mass is 384 g/mol. The molecule has 2 aliphatic heterocycles. The van der Waals surface area contributed by atoms with Gasteiger partial charge in [0.25, 0.3) is 0 Å². The van der Waals surface area contributed by atoms with Gasteiger partial charge < -0.3 is 24.8 Å². The van der Waals surface area contributed by atoms with Crippen LogP contribution in [-0.4, -0.2) is 44.4 Å². The van der Waals surface area contributed by atoms with E-state index in [2.05, 4.69) is 26.6 Å². The summed E-state index contributed by atoms with van der Waals surface area (Å²) in [4.78, 5) is 12.5. The number of halogens is 1. The van der Waals surface area contributed by atoms with E-state index in [0.717, 1.165) is 15.8 Å². The number of rotatable bonds is 3. The van der Waals surface area contributed by atoms with Crippen molar-refractivity contribution in [3.8, 4) is 11.5 Å². The highest BCUT2D eigenvalue weighted by atomic mass is 79.9. The molecule has 1 saturated heterocycles. The Balaban J connectivity index is 1.72. The van der Waals surface area contributed by atoms with Crippen LogP contribution in [0.4, 0.5) is 0 Å². The summed E-state index contributed by atoms with van der Waals surface area (Å²) in [5, 5.41) is 6.23. The fraction of sp³-hybridized carbons (Fsp3) is 0.562. The quantitative estimate of drug-likeness (QED) is 0.830. The third kappa shape index (κ3) is 3.62. The maximum atomic E-state index is 12.5. The maximum absolute atomic E-state index is 12.5. The van der Waals surface area contributed by atoms with E-state index in [1.165, 1.54) is 0 Å². The molecular weight excluding hydrogens is 364 g/mol. The van der Waals surface area contributed by atoms with Gasteiger partial charge in [0.15, 0.2) is 11.5 Å². The van der Waals surface area contributed by atoms with Gasteiger partial charge >= 0.3 is 0 Å². The van der Waals surface area contributed by atoms with E-state index in [0.29, 0.717) is 32.1 Å². The Labute approximate surface area is 144 Å². The molecule has 1 amide bonds. The molecule has 126 valence electrons. The van der Waals surface area contributed by atoms with Crippen molar-refractivity contribution < 1.29 is 19.0 Å². The van der Waals surface area contributed by atoms with Crippen molar-refractivity contribution in [3.63, 3.8) is 0 Å². The maximum Gasteiger partial charge on any atom is 0.240 e. The number of morpholine rings is 1. The fourth-order valence-corrected chi connectivity index (χ4v) is 3.49. The van der Waals surface area contributed by atoms with Crippen LogP contribution in [0.25, 0.3) is 0 Å². The fourth-order valence-electron chi connectivity index (χ4n) is 2.82. The molecule has 2 aliphatic rings. The molecule has 0 radical (unpaired) electrons. The Hall–Kier alpha value is -1.31. The minimum atomic E-state index is -0.331. The Kier molecular flexibility index (Phi) is 5.08. The lowest BCUT2D eigenvalue weighted by atomic mass is 10.1. The SMILES string of the molecule is CC(NC(=O)[C@H]1NCCO[C@@H]1C)c1cc2c(cc1Br)OCCO2. The molecule has 0 spiro atoms. The number of hydrogen-bond acceptors (Lipinski definition) is 5. The molecule has 23 heavy (non-hydrogen) atoms. The molecule has 0 saturated carbocycles. The lowest BCUT2D eigenvalue weighted by molar-refractivity contribution is -0.129. The van der Waals surface area contributed by atoms with Crippen LogP contribution in [0, 0.1) is 0 Å². The van der Waals surface area contributed by atoms with Crippen molar-refractivity contribution in [2.45, 2.75) is 32.0 Å². The number of nitrogens with one attached hydrogen (secondary N) is 2. The highest BCUT2D eigenvalue weighted by molar-refractivity contribution is 9.10. The first-order valence-electron chi connectivity index (χ1n) is 7.80. The van der Waals surface area contributed by atoms with Gasteiger partial charge in [0.2, 0.25) is 5.91 Å². The van der Waals surface area contributed by atoms with Crippen molar-refractivity contribution in [2.24, 2.45) is 0 Å². The zero-order valence-corrected chi connectivity index (χ0v) is 14.8. The number of amides is 1. The molecule has 3 rings (SSSR count). The van der Waals surface area contributed by atoms with Crippen LogP contribution < -0.4 is 20.1 Å². The van der Waals surface area contributed by atoms with E-state index in [-0.39, 0.29) is 24.1 Å². The van der Waals surface area contributed by atoms with Gasteiger partial charge in [-0.05, 0) is 31.5 Å². The summed E-state index contributed by atoms with van der Waals surface area (Å²) in [6, 6.07) is 3.31. The average molecular weight is 385 g/mol. The van der Waals surface area contributed by atoms with Crippen molar-refractivity contribution in [1.82, 2.24) is 10.6 Å². The Morgan fingerprint density at radius 3 is 2.70 bits per heavy atom. The van der Waals surface area contributed by atoms with E-state index in [1.54, 1.807) is 0 Å². The smallest absolute Gasteiger partial charge is 0.240 e. The van der Waals surface area contributed by atoms with Gasteiger partial charge in [-0.1, -0.05) is 15.9 Å². The van der Waals surface area contributed by atoms with Gasteiger partial charge in [-0.2, -0.15) is 0 Å². The third-order valence-electron chi connectivity index (χ3n) is 4.09. The van der Waals surface area contributed by atoms with Crippen LogP contribution >= 0.6 is 15.9 Å². The highest BCUT2D eigenvalue weighted by Crippen LogP contribution is 2.37. The largest absolute Gasteiger partial charge is 0.486 e. The Bertz CT molecular complexity index is 596. The predicted octanol–water partition coefficient (Wildman–Crippen LogP) is 1.77. The van der Waals surface area contributed by atoms with Crippen LogP contribution in [0.3, 0.4) is 0 Å². The van der Waals surface area contributed by atoms with E-state index >= 15 is 0 Å². The standard InChI is InChI=1S/C16H21BrN2O4/c1-9(19-16(20)15-10(2)21-4-3-18-15)11-7-13-14(8-12(11)17)23-6-5-22-13/h7-10,15,18H,3-6H2,1-2H3,(H,19,20)/t9?,10-,15+/m1/s1. The molecule has 1 aromatic rings. The summed E-state index contributed by atoms with van der Waals surface area (Å²) in [5.74, 6) is 1.37. The topological polar surface area (TPSA) is 68.8 Å². The number of carbonyl (C=O) groups is 1. The molecular formula is C16H21BrN2O4. The second kappa shape index (κ2) is 7.07. The van der Waals surface area contributed by atoms with E-state index in [9.17, 15) is 4.79 Å². The normalized spacial score (nSPS) is 24.8.